The number of hydrogen-bond donors (Lipinski definition) is 0. The molecule has 0 aliphatic heterocycles. The van der Waals surface area contributed by atoms with Gasteiger partial charge in [0.25, 0.3) is 0 Å². The quantitative estimate of drug-likeness (QED) is 0.431. The summed E-state index contributed by atoms with van der Waals surface area (Å²) < 4.78 is 21.0. The lowest BCUT2D eigenvalue weighted by Gasteiger charge is -2.17. The van der Waals surface area contributed by atoms with Gasteiger partial charge in [0, 0.05) is 6.61 Å². The highest BCUT2D eigenvalue weighted by atomic mass is 16.7. The fraction of sp³-hybridized carbons (Fsp3) is 0.933. The van der Waals surface area contributed by atoms with Gasteiger partial charge in [0.1, 0.15) is 6.10 Å². The molecule has 0 N–H and O–H groups in total. The maximum atomic E-state index is 11.3. The second-order valence-electron chi connectivity index (χ2n) is 5.46. The second-order valence-corrected chi connectivity index (χ2v) is 5.46. The Hall–Kier alpha value is -0.810. The van der Waals surface area contributed by atoms with Crippen LogP contribution < -0.4 is 0 Å². The number of carbonyl (C=O) groups is 1. The van der Waals surface area contributed by atoms with E-state index in [0.29, 0.717) is 25.7 Å². The van der Waals surface area contributed by atoms with Crippen molar-refractivity contribution in [2.45, 2.75) is 59.7 Å². The van der Waals surface area contributed by atoms with E-state index in [2.05, 4.69) is 6.92 Å². The van der Waals surface area contributed by atoms with Crippen molar-refractivity contribution in [3.05, 3.63) is 0 Å². The fourth-order valence-electron chi connectivity index (χ4n) is 1.31. The van der Waals surface area contributed by atoms with Crippen molar-refractivity contribution in [3.8, 4) is 0 Å². The minimum absolute atomic E-state index is 0.00964. The van der Waals surface area contributed by atoms with Gasteiger partial charge in [0.05, 0.1) is 25.9 Å². The Kier molecular flexibility index (Phi) is 11.5. The molecule has 0 spiro atoms. The summed E-state index contributed by atoms with van der Waals surface area (Å²) in [5.41, 5.74) is 0. The fourth-order valence-corrected chi connectivity index (χ4v) is 1.31. The van der Waals surface area contributed by atoms with Crippen molar-refractivity contribution in [2.24, 2.45) is 5.92 Å². The van der Waals surface area contributed by atoms with Crippen LogP contribution in [0, 0.1) is 5.92 Å². The first-order valence-electron chi connectivity index (χ1n) is 7.48. The zero-order valence-corrected chi connectivity index (χ0v) is 13.5. The first-order chi connectivity index (χ1) is 9.45. The second kappa shape index (κ2) is 12.0. The van der Waals surface area contributed by atoms with Crippen LogP contribution >= 0.6 is 0 Å². The lowest BCUT2D eigenvalue weighted by molar-refractivity contribution is -0.0531. The molecule has 0 aromatic carbocycles. The maximum absolute atomic E-state index is 11.3. The van der Waals surface area contributed by atoms with Gasteiger partial charge in [-0.2, -0.15) is 0 Å². The normalized spacial score (nSPS) is 14.1. The highest BCUT2D eigenvalue weighted by molar-refractivity contribution is 5.60. The summed E-state index contributed by atoms with van der Waals surface area (Å²) in [5.74, 6) is 0.300. The molecule has 0 bridgehead atoms. The molecule has 0 saturated carbocycles. The van der Waals surface area contributed by atoms with Crippen LogP contribution in [0.15, 0.2) is 0 Å². The van der Waals surface area contributed by atoms with E-state index in [4.69, 9.17) is 18.9 Å². The van der Waals surface area contributed by atoms with Crippen molar-refractivity contribution in [1.29, 1.82) is 0 Å². The van der Waals surface area contributed by atoms with E-state index in [0.717, 1.165) is 19.4 Å². The number of carbonyl (C=O) groups excluding carboxylic acids is 1. The van der Waals surface area contributed by atoms with E-state index in [1.54, 1.807) is 6.92 Å². The topological polar surface area (TPSA) is 54.0 Å². The predicted molar refractivity (Wildman–Crippen MR) is 77.9 cm³/mol. The largest absolute Gasteiger partial charge is 0.508 e. The Bertz CT molecular complexity index is 242. The van der Waals surface area contributed by atoms with Gasteiger partial charge in [-0.05, 0) is 26.2 Å². The SMILES string of the molecule is CCCCOCC(C)OCC(C)OC(=O)OCC(C)C. The molecule has 2 atom stereocenters. The van der Waals surface area contributed by atoms with Crippen LogP contribution in [0.4, 0.5) is 4.79 Å². The third kappa shape index (κ3) is 12.2. The Morgan fingerprint density at radius 2 is 1.70 bits per heavy atom. The van der Waals surface area contributed by atoms with Gasteiger partial charge in [-0.3, -0.25) is 0 Å². The number of hydrogen-bond acceptors (Lipinski definition) is 5. The average Bonchev–Trinajstić information content (AvgIpc) is 2.39. The molecule has 120 valence electrons. The summed E-state index contributed by atoms with van der Waals surface area (Å²) in [5, 5.41) is 0. The summed E-state index contributed by atoms with van der Waals surface area (Å²) in [4.78, 5) is 11.3. The van der Waals surface area contributed by atoms with Crippen molar-refractivity contribution in [1.82, 2.24) is 0 Å². The molecular formula is C15H30O5. The molecule has 5 nitrogen and oxygen atoms in total. The van der Waals surface area contributed by atoms with Crippen LogP contribution in [0.2, 0.25) is 0 Å². The molecule has 2 unspecified atom stereocenters. The van der Waals surface area contributed by atoms with Gasteiger partial charge >= 0.3 is 6.16 Å². The first kappa shape index (κ1) is 19.2. The molecule has 0 rings (SSSR count). The van der Waals surface area contributed by atoms with E-state index in [9.17, 15) is 4.79 Å². The minimum atomic E-state index is -0.637. The summed E-state index contributed by atoms with van der Waals surface area (Å²) >= 11 is 0. The van der Waals surface area contributed by atoms with Crippen LogP contribution in [-0.2, 0) is 18.9 Å². The molecule has 20 heavy (non-hydrogen) atoms. The van der Waals surface area contributed by atoms with Crippen LogP contribution in [0.3, 0.4) is 0 Å². The van der Waals surface area contributed by atoms with E-state index in [-0.39, 0.29) is 12.2 Å². The van der Waals surface area contributed by atoms with Gasteiger partial charge in [-0.1, -0.05) is 27.2 Å². The van der Waals surface area contributed by atoms with Gasteiger partial charge in [0.15, 0.2) is 0 Å². The zero-order chi connectivity index (χ0) is 15.4. The smallest absolute Gasteiger partial charge is 0.434 e. The van der Waals surface area contributed by atoms with E-state index >= 15 is 0 Å². The van der Waals surface area contributed by atoms with Crippen molar-refractivity contribution < 1.29 is 23.7 Å². The average molecular weight is 290 g/mol. The van der Waals surface area contributed by atoms with Crippen LogP contribution in [-0.4, -0.2) is 44.8 Å². The minimum Gasteiger partial charge on any atom is -0.434 e. The van der Waals surface area contributed by atoms with Gasteiger partial charge in [-0.25, -0.2) is 4.79 Å². The third-order valence-electron chi connectivity index (χ3n) is 2.44. The molecule has 0 saturated heterocycles. The van der Waals surface area contributed by atoms with Crippen LogP contribution in [0.25, 0.3) is 0 Å². The molecular weight excluding hydrogens is 260 g/mol. The van der Waals surface area contributed by atoms with Crippen molar-refractivity contribution in [3.63, 3.8) is 0 Å². The summed E-state index contributed by atoms with van der Waals surface area (Å²) in [6.07, 6.45) is 1.21. The monoisotopic (exact) mass is 290 g/mol. The number of unbranched alkanes of at least 4 members (excludes halogenated alkanes) is 1. The Balaban J connectivity index is 3.60. The van der Waals surface area contributed by atoms with Crippen LogP contribution in [0.1, 0.15) is 47.5 Å². The number of ether oxygens (including phenoxy) is 4. The Morgan fingerprint density at radius 3 is 2.30 bits per heavy atom. The summed E-state index contributed by atoms with van der Waals surface area (Å²) in [6.45, 7) is 11.8. The van der Waals surface area contributed by atoms with Gasteiger partial charge < -0.3 is 18.9 Å². The molecule has 0 aromatic heterocycles. The maximum Gasteiger partial charge on any atom is 0.508 e. The highest BCUT2D eigenvalue weighted by Crippen LogP contribution is 2.01. The molecule has 0 aromatic rings. The Morgan fingerprint density at radius 1 is 1.00 bits per heavy atom. The van der Waals surface area contributed by atoms with Gasteiger partial charge in [-0.15, -0.1) is 0 Å². The molecule has 0 aliphatic rings. The molecule has 0 amide bonds. The highest BCUT2D eigenvalue weighted by Gasteiger charge is 2.13. The summed E-state index contributed by atoms with van der Waals surface area (Å²) in [7, 11) is 0. The lowest BCUT2D eigenvalue weighted by Crippen LogP contribution is -2.26. The number of rotatable bonds is 11. The van der Waals surface area contributed by atoms with Crippen LogP contribution in [0.5, 0.6) is 0 Å². The first-order valence-corrected chi connectivity index (χ1v) is 7.48. The van der Waals surface area contributed by atoms with Gasteiger partial charge in [0.2, 0.25) is 0 Å². The molecule has 0 aliphatic carbocycles. The van der Waals surface area contributed by atoms with E-state index < -0.39 is 6.16 Å². The molecule has 0 fully saturated rings. The standard InChI is InChI=1S/C15H30O5/c1-6-7-8-17-10-13(4)18-11-14(5)20-15(16)19-9-12(2)3/h12-14H,6-11H2,1-5H3. The Labute approximate surface area is 122 Å². The van der Waals surface area contributed by atoms with E-state index in [1.165, 1.54) is 0 Å². The summed E-state index contributed by atoms with van der Waals surface area (Å²) in [6, 6.07) is 0. The van der Waals surface area contributed by atoms with Crippen molar-refractivity contribution >= 4 is 6.16 Å². The van der Waals surface area contributed by atoms with E-state index in [1.807, 2.05) is 20.8 Å². The zero-order valence-electron chi connectivity index (χ0n) is 13.5. The molecule has 0 radical (unpaired) electrons. The molecule has 0 heterocycles. The predicted octanol–water partition coefficient (Wildman–Crippen LogP) is 3.41. The third-order valence-corrected chi connectivity index (χ3v) is 2.44. The molecule has 5 heteroatoms. The van der Waals surface area contributed by atoms with Crippen molar-refractivity contribution in [2.75, 3.05) is 26.4 Å². The lowest BCUT2D eigenvalue weighted by atomic mass is 10.2.